The third-order valence-electron chi connectivity index (χ3n) is 2.86. The zero-order chi connectivity index (χ0) is 13.2. The van der Waals surface area contributed by atoms with Gasteiger partial charge >= 0.3 is 0 Å². The Kier molecular flexibility index (Phi) is 2.58. The SMILES string of the molecule is N#Cc1cccc(N=C2C(=O)Nc3ccccc32)c1. The van der Waals surface area contributed by atoms with Crippen LogP contribution in [0.3, 0.4) is 0 Å². The molecule has 0 unspecified atom stereocenters. The monoisotopic (exact) mass is 247 g/mol. The first-order valence-corrected chi connectivity index (χ1v) is 5.77. The van der Waals surface area contributed by atoms with Gasteiger partial charge in [-0.05, 0) is 24.3 Å². The first-order valence-electron chi connectivity index (χ1n) is 5.77. The lowest BCUT2D eigenvalue weighted by molar-refractivity contribution is -0.110. The minimum atomic E-state index is -0.219. The van der Waals surface area contributed by atoms with Gasteiger partial charge in [0.15, 0.2) is 0 Å². The number of rotatable bonds is 1. The topological polar surface area (TPSA) is 65.2 Å². The van der Waals surface area contributed by atoms with Gasteiger partial charge in [0.05, 0.1) is 23.0 Å². The lowest BCUT2D eigenvalue weighted by atomic mass is 10.1. The highest BCUT2D eigenvalue weighted by Crippen LogP contribution is 2.25. The summed E-state index contributed by atoms with van der Waals surface area (Å²) in [6.07, 6.45) is 0. The minimum absolute atomic E-state index is 0.219. The van der Waals surface area contributed by atoms with E-state index >= 15 is 0 Å². The van der Waals surface area contributed by atoms with Gasteiger partial charge in [-0.1, -0.05) is 24.3 Å². The molecule has 0 atom stereocenters. The lowest BCUT2D eigenvalue weighted by Gasteiger charge is -1.98. The van der Waals surface area contributed by atoms with Crippen molar-refractivity contribution >= 4 is 23.0 Å². The Hall–Kier alpha value is -2.93. The third kappa shape index (κ3) is 1.98. The van der Waals surface area contributed by atoms with Gasteiger partial charge in [0, 0.05) is 5.56 Å². The second-order valence-electron chi connectivity index (χ2n) is 4.12. The number of hydrogen-bond donors (Lipinski definition) is 1. The maximum atomic E-state index is 11.9. The molecule has 2 aromatic rings. The van der Waals surface area contributed by atoms with Crippen molar-refractivity contribution in [2.45, 2.75) is 0 Å². The molecule has 19 heavy (non-hydrogen) atoms. The highest BCUT2D eigenvalue weighted by atomic mass is 16.2. The molecule has 0 saturated carbocycles. The summed E-state index contributed by atoms with van der Waals surface area (Å²) < 4.78 is 0. The van der Waals surface area contributed by atoms with E-state index < -0.39 is 0 Å². The molecule has 1 heterocycles. The van der Waals surface area contributed by atoms with Crippen molar-refractivity contribution < 1.29 is 4.79 Å². The van der Waals surface area contributed by atoms with E-state index in [1.54, 1.807) is 24.3 Å². The highest BCUT2D eigenvalue weighted by Gasteiger charge is 2.25. The number of benzene rings is 2. The van der Waals surface area contributed by atoms with E-state index in [9.17, 15) is 4.79 Å². The van der Waals surface area contributed by atoms with Crippen LogP contribution in [0.2, 0.25) is 0 Å². The summed E-state index contributed by atoms with van der Waals surface area (Å²) in [7, 11) is 0. The van der Waals surface area contributed by atoms with Crippen LogP contribution in [0, 0.1) is 11.3 Å². The summed E-state index contributed by atoms with van der Waals surface area (Å²) in [5, 5.41) is 11.6. The minimum Gasteiger partial charge on any atom is -0.320 e. The summed E-state index contributed by atoms with van der Waals surface area (Å²) in [5.41, 5.74) is 3.05. The van der Waals surface area contributed by atoms with Crippen molar-refractivity contribution in [2.75, 3.05) is 5.32 Å². The molecule has 2 aromatic carbocycles. The van der Waals surface area contributed by atoms with Crippen molar-refractivity contribution in [1.82, 2.24) is 0 Å². The molecule has 4 heteroatoms. The Morgan fingerprint density at radius 1 is 1.11 bits per heavy atom. The van der Waals surface area contributed by atoms with Gasteiger partial charge in [0.25, 0.3) is 5.91 Å². The van der Waals surface area contributed by atoms with Crippen LogP contribution < -0.4 is 5.32 Å². The number of hydrogen-bond acceptors (Lipinski definition) is 3. The maximum absolute atomic E-state index is 11.9. The summed E-state index contributed by atoms with van der Waals surface area (Å²) in [5.74, 6) is -0.219. The highest BCUT2D eigenvalue weighted by molar-refractivity contribution is 6.54. The number of nitriles is 1. The van der Waals surface area contributed by atoms with Crippen LogP contribution in [-0.2, 0) is 4.79 Å². The van der Waals surface area contributed by atoms with E-state index in [2.05, 4.69) is 16.4 Å². The number of carbonyl (C=O) groups is 1. The van der Waals surface area contributed by atoms with Gasteiger partial charge in [-0.15, -0.1) is 0 Å². The Morgan fingerprint density at radius 2 is 1.95 bits per heavy atom. The quantitative estimate of drug-likeness (QED) is 0.841. The fourth-order valence-corrected chi connectivity index (χ4v) is 1.99. The smallest absolute Gasteiger partial charge is 0.275 e. The van der Waals surface area contributed by atoms with Crippen LogP contribution in [0.25, 0.3) is 0 Å². The molecule has 0 radical (unpaired) electrons. The van der Waals surface area contributed by atoms with Gasteiger partial charge in [0.1, 0.15) is 5.71 Å². The Bertz CT molecular complexity index is 741. The van der Waals surface area contributed by atoms with Gasteiger partial charge in [-0.2, -0.15) is 5.26 Å². The normalized spacial score (nSPS) is 14.9. The fourth-order valence-electron chi connectivity index (χ4n) is 1.99. The van der Waals surface area contributed by atoms with Crippen LogP contribution in [-0.4, -0.2) is 11.6 Å². The standard InChI is InChI=1S/C15H9N3O/c16-9-10-4-3-5-11(8-10)17-14-12-6-1-2-7-13(12)18-15(14)19/h1-8H,(H,17,18,19). The Balaban J connectivity index is 2.09. The second-order valence-corrected chi connectivity index (χ2v) is 4.12. The average Bonchev–Trinajstić information content (AvgIpc) is 2.76. The predicted octanol–water partition coefficient (Wildman–Crippen LogP) is 2.63. The van der Waals surface area contributed by atoms with Gasteiger partial charge in [-0.3, -0.25) is 4.79 Å². The van der Waals surface area contributed by atoms with Gasteiger partial charge < -0.3 is 5.32 Å². The molecule has 0 spiro atoms. The number of aliphatic imine (C=N–C) groups is 1. The number of anilines is 1. The molecule has 1 amide bonds. The molecule has 1 aliphatic rings. The first kappa shape index (κ1) is 11.2. The fraction of sp³-hybridized carbons (Fsp3) is 0. The average molecular weight is 247 g/mol. The molecule has 90 valence electrons. The lowest BCUT2D eigenvalue weighted by Crippen LogP contribution is -2.13. The Morgan fingerprint density at radius 3 is 2.79 bits per heavy atom. The number of amides is 1. The number of para-hydroxylation sites is 1. The molecular formula is C15H9N3O. The molecule has 3 rings (SSSR count). The molecule has 0 bridgehead atoms. The maximum Gasteiger partial charge on any atom is 0.275 e. The molecule has 0 fully saturated rings. The summed E-state index contributed by atoms with van der Waals surface area (Å²) >= 11 is 0. The molecule has 4 nitrogen and oxygen atoms in total. The van der Waals surface area contributed by atoms with Crippen LogP contribution in [0.15, 0.2) is 53.5 Å². The van der Waals surface area contributed by atoms with Crippen molar-refractivity contribution in [2.24, 2.45) is 4.99 Å². The predicted molar refractivity (Wildman–Crippen MR) is 72.4 cm³/mol. The number of carbonyl (C=O) groups excluding carboxylic acids is 1. The van der Waals surface area contributed by atoms with Crippen molar-refractivity contribution in [1.29, 1.82) is 5.26 Å². The molecular weight excluding hydrogens is 238 g/mol. The van der Waals surface area contributed by atoms with Crippen molar-refractivity contribution in [3.05, 3.63) is 59.7 Å². The molecule has 0 saturated heterocycles. The van der Waals surface area contributed by atoms with Crippen LogP contribution >= 0.6 is 0 Å². The second kappa shape index (κ2) is 4.39. The van der Waals surface area contributed by atoms with E-state index in [0.29, 0.717) is 17.0 Å². The summed E-state index contributed by atoms with van der Waals surface area (Å²) in [6, 6.07) is 16.3. The molecule has 1 aliphatic heterocycles. The zero-order valence-corrected chi connectivity index (χ0v) is 9.92. The van der Waals surface area contributed by atoms with Crippen LogP contribution in [0.4, 0.5) is 11.4 Å². The molecule has 1 N–H and O–H groups in total. The van der Waals surface area contributed by atoms with Gasteiger partial charge in [0.2, 0.25) is 0 Å². The third-order valence-corrected chi connectivity index (χ3v) is 2.86. The number of nitrogens with zero attached hydrogens (tertiary/aromatic N) is 2. The number of fused-ring (bicyclic) bond motifs is 1. The van der Waals surface area contributed by atoms with E-state index in [1.165, 1.54) is 0 Å². The summed E-state index contributed by atoms with van der Waals surface area (Å²) in [4.78, 5) is 16.2. The Labute approximate surface area is 110 Å². The number of nitrogens with one attached hydrogen (secondary N) is 1. The zero-order valence-electron chi connectivity index (χ0n) is 9.92. The molecule has 0 aromatic heterocycles. The van der Waals surface area contributed by atoms with Crippen LogP contribution in [0.1, 0.15) is 11.1 Å². The largest absolute Gasteiger partial charge is 0.320 e. The van der Waals surface area contributed by atoms with Crippen LogP contribution in [0.5, 0.6) is 0 Å². The van der Waals surface area contributed by atoms with E-state index in [4.69, 9.17) is 5.26 Å². The van der Waals surface area contributed by atoms with Crippen molar-refractivity contribution in [3.63, 3.8) is 0 Å². The van der Waals surface area contributed by atoms with Crippen molar-refractivity contribution in [3.8, 4) is 6.07 Å². The molecule has 0 aliphatic carbocycles. The van der Waals surface area contributed by atoms with E-state index in [0.717, 1.165) is 11.3 Å². The van der Waals surface area contributed by atoms with E-state index in [1.807, 2.05) is 24.3 Å². The van der Waals surface area contributed by atoms with E-state index in [-0.39, 0.29) is 5.91 Å². The van der Waals surface area contributed by atoms with Gasteiger partial charge in [-0.25, -0.2) is 4.99 Å². The summed E-state index contributed by atoms with van der Waals surface area (Å²) in [6.45, 7) is 0. The first-order chi connectivity index (χ1) is 9.28.